The van der Waals surface area contributed by atoms with Crippen LogP contribution in [0.2, 0.25) is 0 Å². The summed E-state index contributed by atoms with van der Waals surface area (Å²) in [7, 11) is 3.93. The van der Waals surface area contributed by atoms with Crippen molar-refractivity contribution in [1.82, 2.24) is 10.2 Å². The first kappa shape index (κ1) is 14.9. The van der Waals surface area contributed by atoms with E-state index in [2.05, 4.69) is 31.1 Å². The van der Waals surface area contributed by atoms with E-state index in [0.29, 0.717) is 6.04 Å². The zero-order valence-corrected chi connectivity index (χ0v) is 10.9. The number of hydrogen-bond acceptors (Lipinski definition) is 3. The quantitative estimate of drug-likeness (QED) is 0.563. The van der Waals surface area contributed by atoms with Crippen molar-refractivity contribution in [2.24, 2.45) is 0 Å². The van der Waals surface area contributed by atoms with Crippen LogP contribution in [0.3, 0.4) is 0 Å². The van der Waals surface area contributed by atoms with Crippen LogP contribution in [0.15, 0.2) is 0 Å². The highest BCUT2D eigenvalue weighted by atomic mass is 16.5. The molecule has 0 radical (unpaired) electrons. The standard InChI is InChI=1S/C12H28N2O/c1-5-12(6-2)13-8-10-14(3)9-7-11-15-4/h12-13H,5-11H2,1-4H3. The molecule has 0 aromatic heterocycles. The Labute approximate surface area is 95.2 Å². The van der Waals surface area contributed by atoms with Crippen molar-refractivity contribution in [3.8, 4) is 0 Å². The lowest BCUT2D eigenvalue weighted by Crippen LogP contribution is -2.35. The molecule has 0 atom stereocenters. The van der Waals surface area contributed by atoms with Gasteiger partial charge in [0.2, 0.25) is 0 Å². The van der Waals surface area contributed by atoms with Gasteiger partial charge in [-0.25, -0.2) is 0 Å². The minimum Gasteiger partial charge on any atom is -0.385 e. The molecule has 0 unspecified atom stereocenters. The molecule has 0 saturated heterocycles. The maximum absolute atomic E-state index is 5.03. The van der Waals surface area contributed by atoms with Gasteiger partial charge in [-0.1, -0.05) is 13.8 Å². The lowest BCUT2D eigenvalue weighted by molar-refractivity contribution is 0.179. The van der Waals surface area contributed by atoms with Gasteiger partial charge in [0.05, 0.1) is 0 Å². The third-order valence-electron chi connectivity index (χ3n) is 2.80. The van der Waals surface area contributed by atoms with Gasteiger partial charge in [0.1, 0.15) is 0 Å². The van der Waals surface area contributed by atoms with Crippen LogP contribution >= 0.6 is 0 Å². The summed E-state index contributed by atoms with van der Waals surface area (Å²) in [5.41, 5.74) is 0. The topological polar surface area (TPSA) is 24.5 Å². The van der Waals surface area contributed by atoms with Gasteiger partial charge in [0, 0.05) is 39.4 Å². The highest BCUT2D eigenvalue weighted by molar-refractivity contribution is 4.63. The second-order valence-corrected chi connectivity index (χ2v) is 4.12. The highest BCUT2D eigenvalue weighted by Gasteiger charge is 2.02. The molecule has 0 aliphatic rings. The van der Waals surface area contributed by atoms with Crippen molar-refractivity contribution in [3.05, 3.63) is 0 Å². The molecule has 0 saturated carbocycles. The summed E-state index contributed by atoms with van der Waals surface area (Å²) >= 11 is 0. The van der Waals surface area contributed by atoms with E-state index in [4.69, 9.17) is 4.74 Å². The van der Waals surface area contributed by atoms with Crippen LogP contribution in [0.5, 0.6) is 0 Å². The highest BCUT2D eigenvalue weighted by Crippen LogP contribution is 1.95. The van der Waals surface area contributed by atoms with Crippen molar-refractivity contribution in [1.29, 1.82) is 0 Å². The molecule has 3 nitrogen and oxygen atoms in total. The normalized spacial score (nSPS) is 11.6. The number of nitrogens with one attached hydrogen (secondary N) is 1. The summed E-state index contributed by atoms with van der Waals surface area (Å²) < 4.78 is 5.03. The van der Waals surface area contributed by atoms with E-state index in [0.717, 1.165) is 32.7 Å². The number of likely N-dealkylation sites (N-methyl/N-ethyl adjacent to an activating group) is 1. The number of ether oxygens (including phenoxy) is 1. The first-order valence-corrected chi connectivity index (χ1v) is 6.15. The van der Waals surface area contributed by atoms with E-state index in [9.17, 15) is 0 Å². The lowest BCUT2D eigenvalue weighted by Gasteiger charge is -2.19. The van der Waals surface area contributed by atoms with Gasteiger partial charge in [0.25, 0.3) is 0 Å². The Morgan fingerprint density at radius 2 is 1.87 bits per heavy atom. The van der Waals surface area contributed by atoms with Gasteiger partial charge in [0.15, 0.2) is 0 Å². The molecule has 15 heavy (non-hydrogen) atoms. The van der Waals surface area contributed by atoms with E-state index in [1.54, 1.807) is 7.11 Å². The van der Waals surface area contributed by atoms with Gasteiger partial charge >= 0.3 is 0 Å². The molecule has 0 aliphatic heterocycles. The van der Waals surface area contributed by atoms with E-state index in [1.165, 1.54) is 12.8 Å². The Kier molecular flexibility index (Phi) is 10.3. The van der Waals surface area contributed by atoms with Crippen LogP contribution in [0.4, 0.5) is 0 Å². The molecule has 0 aromatic rings. The second-order valence-electron chi connectivity index (χ2n) is 4.12. The van der Waals surface area contributed by atoms with Gasteiger partial charge in [-0.2, -0.15) is 0 Å². The first-order valence-electron chi connectivity index (χ1n) is 6.15. The monoisotopic (exact) mass is 216 g/mol. The molecule has 0 fully saturated rings. The molecule has 0 bridgehead atoms. The van der Waals surface area contributed by atoms with E-state index in [-0.39, 0.29) is 0 Å². The zero-order chi connectivity index (χ0) is 11.5. The molecule has 1 N–H and O–H groups in total. The average molecular weight is 216 g/mol. The number of hydrogen-bond donors (Lipinski definition) is 1. The fraction of sp³-hybridized carbons (Fsp3) is 1.00. The molecule has 3 heteroatoms. The summed E-state index contributed by atoms with van der Waals surface area (Å²) in [4.78, 5) is 2.36. The number of rotatable bonds is 10. The average Bonchev–Trinajstić information content (AvgIpc) is 2.25. The van der Waals surface area contributed by atoms with Crippen LogP contribution in [-0.2, 0) is 4.74 Å². The maximum atomic E-state index is 5.03. The van der Waals surface area contributed by atoms with Crippen molar-refractivity contribution in [2.75, 3.05) is 40.4 Å². The van der Waals surface area contributed by atoms with Crippen molar-refractivity contribution in [2.45, 2.75) is 39.2 Å². The summed E-state index contributed by atoms with van der Waals surface area (Å²) in [5, 5.41) is 3.57. The Hall–Kier alpha value is -0.120. The van der Waals surface area contributed by atoms with E-state index < -0.39 is 0 Å². The van der Waals surface area contributed by atoms with Gasteiger partial charge in [-0.15, -0.1) is 0 Å². The molecule has 0 amide bonds. The van der Waals surface area contributed by atoms with Crippen molar-refractivity contribution >= 4 is 0 Å². The van der Waals surface area contributed by atoms with Crippen LogP contribution < -0.4 is 5.32 Å². The molecule has 0 heterocycles. The molecular weight excluding hydrogens is 188 g/mol. The SMILES string of the molecule is CCC(CC)NCCN(C)CCCOC. The van der Waals surface area contributed by atoms with Crippen LogP contribution in [0.1, 0.15) is 33.1 Å². The van der Waals surface area contributed by atoms with Crippen LogP contribution in [0.25, 0.3) is 0 Å². The smallest absolute Gasteiger partial charge is 0.0474 e. The van der Waals surface area contributed by atoms with Crippen molar-refractivity contribution < 1.29 is 4.74 Å². The Morgan fingerprint density at radius 1 is 1.20 bits per heavy atom. The lowest BCUT2D eigenvalue weighted by atomic mass is 10.2. The predicted molar refractivity (Wildman–Crippen MR) is 66.4 cm³/mol. The molecule has 0 spiro atoms. The maximum Gasteiger partial charge on any atom is 0.0474 e. The summed E-state index contributed by atoms with van der Waals surface area (Å²) in [5.74, 6) is 0. The molecular formula is C12H28N2O. The Morgan fingerprint density at radius 3 is 2.40 bits per heavy atom. The first-order chi connectivity index (χ1) is 7.24. The van der Waals surface area contributed by atoms with Gasteiger partial charge in [-0.05, 0) is 26.3 Å². The Balaban J connectivity index is 3.33. The molecule has 0 aliphatic carbocycles. The third kappa shape index (κ3) is 8.85. The third-order valence-corrected chi connectivity index (χ3v) is 2.80. The second kappa shape index (κ2) is 10.4. The summed E-state index contributed by atoms with van der Waals surface area (Å²) in [6, 6.07) is 0.692. The summed E-state index contributed by atoms with van der Waals surface area (Å²) in [6.07, 6.45) is 3.58. The van der Waals surface area contributed by atoms with E-state index in [1.807, 2.05) is 0 Å². The minimum absolute atomic E-state index is 0.692. The van der Waals surface area contributed by atoms with Gasteiger partial charge < -0.3 is 15.0 Å². The fourth-order valence-corrected chi connectivity index (χ4v) is 1.63. The molecule has 0 aromatic carbocycles. The minimum atomic E-state index is 0.692. The van der Waals surface area contributed by atoms with Gasteiger partial charge in [-0.3, -0.25) is 0 Å². The predicted octanol–water partition coefficient (Wildman–Crippen LogP) is 1.73. The van der Waals surface area contributed by atoms with Crippen LogP contribution in [-0.4, -0.2) is 51.3 Å². The number of nitrogens with zero attached hydrogens (tertiary/aromatic N) is 1. The van der Waals surface area contributed by atoms with Crippen LogP contribution in [0, 0.1) is 0 Å². The number of methoxy groups -OCH3 is 1. The van der Waals surface area contributed by atoms with Crippen molar-refractivity contribution in [3.63, 3.8) is 0 Å². The summed E-state index contributed by atoms with van der Waals surface area (Å²) in [6.45, 7) is 8.69. The molecule has 92 valence electrons. The van der Waals surface area contributed by atoms with E-state index >= 15 is 0 Å². The zero-order valence-electron chi connectivity index (χ0n) is 10.9. The largest absolute Gasteiger partial charge is 0.385 e. The Bertz CT molecular complexity index is 127. The molecule has 0 rings (SSSR count). The fourth-order valence-electron chi connectivity index (χ4n) is 1.63.